The molecule has 0 spiro atoms. The SMILES string of the molecule is CCNC(Cc1ccn(C(CC)CC)n1)C1CC1C. The molecular weight excluding hydrogens is 234 g/mol. The molecule has 2 rings (SSSR count). The van der Waals surface area contributed by atoms with Gasteiger partial charge in [-0.3, -0.25) is 4.68 Å². The van der Waals surface area contributed by atoms with Gasteiger partial charge >= 0.3 is 0 Å². The van der Waals surface area contributed by atoms with Gasteiger partial charge in [0.15, 0.2) is 0 Å². The van der Waals surface area contributed by atoms with Crippen LogP contribution in [-0.2, 0) is 6.42 Å². The van der Waals surface area contributed by atoms with E-state index in [1.54, 1.807) is 0 Å². The molecule has 0 bridgehead atoms. The molecule has 0 aliphatic heterocycles. The van der Waals surface area contributed by atoms with Gasteiger partial charge in [-0.05, 0) is 43.7 Å². The average molecular weight is 263 g/mol. The molecule has 0 saturated heterocycles. The Kier molecular flexibility index (Phi) is 5.03. The maximum absolute atomic E-state index is 4.79. The first-order valence-electron chi connectivity index (χ1n) is 7.96. The summed E-state index contributed by atoms with van der Waals surface area (Å²) in [5, 5.41) is 8.43. The van der Waals surface area contributed by atoms with Crippen LogP contribution in [-0.4, -0.2) is 22.4 Å². The minimum atomic E-state index is 0.561. The number of nitrogens with one attached hydrogen (secondary N) is 1. The Hall–Kier alpha value is -0.830. The van der Waals surface area contributed by atoms with E-state index in [2.05, 4.69) is 50.0 Å². The van der Waals surface area contributed by atoms with E-state index in [0.717, 1.165) is 37.6 Å². The molecule has 3 atom stereocenters. The highest BCUT2D eigenvalue weighted by Crippen LogP contribution is 2.41. The van der Waals surface area contributed by atoms with Crippen LogP contribution >= 0.6 is 0 Å². The summed E-state index contributed by atoms with van der Waals surface area (Å²) in [6, 6.07) is 3.38. The Morgan fingerprint density at radius 2 is 2.05 bits per heavy atom. The van der Waals surface area contributed by atoms with Crippen molar-refractivity contribution in [2.24, 2.45) is 11.8 Å². The van der Waals surface area contributed by atoms with Crippen LogP contribution in [0.1, 0.15) is 58.7 Å². The van der Waals surface area contributed by atoms with Crippen molar-refractivity contribution in [2.75, 3.05) is 6.54 Å². The quantitative estimate of drug-likeness (QED) is 0.779. The van der Waals surface area contributed by atoms with Gasteiger partial charge in [-0.2, -0.15) is 5.10 Å². The second-order valence-corrected chi connectivity index (χ2v) is 6.00. The molecule has 1 heterocycles. The van der Waals surface area contributed by atoms with Gasteiger partial charge in [0.05, 0.1) is 11.7 Å². The van der Waals surface area contributed by atoms with Gasteiger partial charge in [-0.15, -0.1) is 0 Å². The van der Waals surface area contributed by atoms with Gasteiger partial charge in [0, 0.05) is 18.7 Å². The fourth-order valence-electron chi connectivity index (χ4n) is 3.13. The van der Waals surface area contributed by atoms with Gasteiger partial charge in [0.2, 0.25) is 0 Å². The zero-order valence-electron chi connectivity index (χ0n) is 12.9. The van der Waals surface area contributed by atoms with E-state index < -0.39 is 0 Å². The van der Waals surface area contributed by atoms with E-state index in [4.69, 9.17) is 5.10 Å². The van der Waals surface area contributed by atoms with Crippen molar-refractivity contribution in [1.29, 1.82) is 0 Å². The van der Waals surface area contributed by atoms with Crippen LogP contribution in [0.3, 0.4) is 0 Å². The predicted molar refractivity (Wildman–Crippen MR) is 80.3 cm³/mol. The molecule has 0 radical (unpaired) electrons. The first-order chi connectivity index (χ1) is 9.19. The summed E-state index contributed by atoms with van der Waals surface area (Å²) in [5.41, 5.74) is 1.25. The minimum Gasteiger partial charge on any atom is -0.314 e. The zero-order chi connectivity index (χ0) is 13.8. The summed E-state index contributed by atoms with van der Waals surface area (Å²) in [7, 11) is 0. The lowest BCUT2D eigenvalue weighted by atomic mass is 10.1. The summed E-state index contributed by atoms with van der Waals surface area (Å²) in [6.07, 6.45) is 6.94. The number of hydrogen-bond donors (Lipinski definition) is 1. The number of nitrogens with zero attached hydrogens (tertiary/aromatic N) is 2. The first-order valence-corrected chi connectivity index (χ1v) is 7.96. The smallest absolute Gasteiger partial charge is 0.0640 e. The van der Waals surface area contributed by atoms with E-state index in [1.807, 2.05) is 0 Å². The average Bonchev–Trinajstić information content (AvgIpc) is 2.95. The molecule has 1 aromatic heterocycles. The van der Waals surface area contributed by atoms with E-state index >= 15 is 0 Å². The molecule has 3 unspecified atom stereocenters. The second-order valence-electron chi connectivity index (χ2n) is 6.00. The second kappa shape index (κ2) is 6.56. The van der Waals surface area contributed by atoms with E-state index in [9.17, 15) is 0 Å². The number of rotatable bonds is 8. The molecule has 1 aliphatic rings. The summed E-state index contributed by atoms with van der Waals surface area (Å²) >= 11 is 0. The molecule has 3 nitrogen and oxygen atoms in total. The molecule has 1 saturated carbocycles. The Labute approximate surface area is 117 Å². The standard InChI is InChI=1S/C16H29N3/c1-5-14(6-2)19-9-8-13(18-19)11-16(17-7-3)15-10-12(15)4/h8-9,12,14-17H,5-7,10-11H2,1-4H3. The molecule has 0 aromatic carbocycles. The lowest BCUT2D eigenvalue weighted by Crippen LogP contribution is -2.33. The lowest BCUT2D eigenvalue weighted by Gasteiger charge is -2.17. The largest absolute Gasteiger partial charge is 0.314 e. The number of hydrogen-bond acceptors (Lipinski definition) is 2. The summed E-state index contributed by atoms with van der Waals surface area (Å²) < 4.78 is 2.16. The van der Waals surface area contributed by atoms with Crippen molar-refractivity contribution in [3.63, 3.8) is 0 Å². The molecule has 1 fully saturated rings. The molecule has 1 aliphatic carbocycles. The minimum absolute atomic E-state index is 0.561. The Morgan fingerprint density at radius 1 is 1.37 bits per heavy atom. The van der Waals surface area contributed by atoms with Crippen molar-refractivity contribution >= 4 is 0 Å². The highest BCUT2D eigenvalue weighted by molar-refractivity contribution is 5.06. The van der Waals surface area contributed by atoms with Crippen LogP contribution in [0.5, 0.6) is 0 Å². The Bertz CT molecular complexity index is 381. The van der Waals surface area contributed by atoms with Gasteiger partial charge < -0.3 is 5.32 Å². The number of aromatic nitrogens is 2. The van der Waals surface area contributed by atoms with Crippen molar-refractivity contribution in [2.45, 2.75) is 65.5 Å². The fourth-order valence-corrected chi connectivity index (χ4v) is 3.13. The van der Waals surface area contributed by atoms with Gasteiger partial charge in [0.25, 0.3) is 0 Å². The number of likely N-dealkylation sites (N-methyl/N-ethyl adjacent to an activating group) is 1. The van der Waals surface area contributed by atoms with Crippen molar-refractivity contribution in [3.05, 3.63) is 18.0 Å². The maximum atomic E-state index is 4.79. The topological polar surface area (TPSA) is 29.9 Å². The summed E-state index contributed by atoms with van der Waals surface area (Å²) in [5.74, 6) is 1.75. The van der Waals surface area contributed by atoms with Crippen LogP contribution in [0.15, 0.2) is 12.3 Å². The van der Waals surface area contributed by atoms with Crippen LogP contribution in [0.25, 0.3) is 0 Å². The van der Waals surface area contributed by atoms with E-state index in [-0.39, 0.29) is 0 Å². The van der Waals surface area contributed by atoms with Crippen molar-refractivity contribution in [3.8, 4) is 0 Å². The van der Waals surface area contributed by atoms with Crippen LogP contribution in [0.2, 0.25) is 0 Å². The zero-order valence-corrected chi connectivity index (χ0v) is 12.9. The molecule has 1 N–H and O–H groups in total. The molecule has 3 heteroatoms. The third-order valence-electron chi connectivity index (χ3n) is 4.56. The fraction of sp³-hybridized carbons (Fsp3) is 0.812. The highest BCUT2D eigenvalue weighted by atomic mass is 15.3. The Morgan fingerprint density at radius 3 is 2.58 bits per heavy atom. The van der Waals surface area contributed by atoms with Crippen LogP contribution < -0.4 is 5.32 Å². The summed E-state index contributed by atoms with van der Waals surface area (Å²) in [6.45, 7) is 10.1. The lowest BCUT2D eigenvalue weighted by molar-refractivity contribution is 0.415. The monoisotopic (exact) mass is 263 g/mol. The summed E-state index contributed by atoms with van der Waals surface area (Å²) in [4.78, 5) is 0. The maximum Gasteiger partial charge on any atom is 0.0640 e. The Balaban J connectivity index is 1.97. The molecule has 108 valence electrons. The van der Waals surface area contributed by atoms with Crippen molar-refractivity contribution < 1.29 is 0 Å². The first kappa shape index (κ1) is 14.6. The third-order valence-corrected chi connectivity index (χ3v) is 4.56. The van der Waals surface area contributed by atoms with Gasteiger partial charge in [0.1, 0.15) is 0 Å². The van der Waals surface area contributed by atoms with Gasteiger partial charge in [-0.1, -0.05) is 27.7 Å². The van der Waals surface area contributed by atoms with Crippen molar-refractivity contribution in [1.82, 2.24) is 15.1 Å². The van der Waals surface area contributed by atoms with Crippen LogP contribution in [0.4, 0.5) is 0 Å². The predicted octanol–water partition coefficient (Wildman–Crippen LogP) is 3.42. The third kappa shape index (κ3) is 3.59. The normalized spacial score (nSPS) is 23.8. The molecule has 1 aromatic rings. The van der Waals surface area contributed by atoms with E-state index in [0.29, 0.717) is 12.1 Å². The van der Waals surface area contributed by atoms with Crippen LogP contribution in [0, 0.1) is 11.8 Å². The van der Waals surface area contributed by atoms with E-state index in [1.165, 1.54) is 12.1 Å². The highest BCUT2D eigenvalue weighted by Gasteiger charge is 2.39. The molecule has 19 heavy (non-hydrogen) atoms. The van der Waals surface area contributed by atoms with Gasteiger partial charge in [-0.25, -0.2) is 0 Å². The molecule has 0 amide bonds. The molecular formula is C16H29N3.